The van der Waals surface area contributed by atoms with Crippen molar-refractivity contribution in [3.63, 3.8) is 0 Å². The van der Waals surface area contributed by atoms with E-state index in [0.717, 1.165) is 18.5 Å². The number of benzene rings is 2. The van der Waals surface area contributed by atoms with Gasteiger partial charge in [-0.05, 0) is 80.0 Å². The van der Waals surface area contributed by atoms with Crippen LogP contribution in [-0.4, -0.2) is 22.3 Å². The number of nitrogens with zero attached hydrogens (tertiary/aromatic N) is 4. The van der Waals surface area contributed by atoms with Crippen LogP contribution in [0.15, 0.2) is 47.5 Å². The maximum absolute atomic E-state index is 13.2. The van der Waals surface area contributed by atoms with Crippen LogP contribution in [0.1, 0.15) is 41.6 Å². The number of nitrogens with two attached hydrogens (primary N) is 2. The summed E-state index contributed by atoms with van der Waals surface area (Å²) in [5.74, 6) is 0.272. The van der Waals surface area contributed by atoms with E-state index in [1.54, 1.807) is 12.1 Å². The van der Waals surface area contributed by atoms with Crippen molar-refractivity contribution in [2.75, 3.05) is 17.6 Å². The minimum absolute atomic E-state index is 0. The number of guanidine groups is 1. The minimum Gasteiger partial charge on any atom is -0.382 e. The molecule has 5 N–H and O–H groups in total. The maximum Gasteiger partial charge on any atom is 0.193 e. The second-order valence-corrected chi connectivity index (χ2v) is 7.85. The van der Waals surface area contributed by atoms with Crippen LogP contribution < -0.4 is 16.8 Å². The van der Waals surface area contributed by atoms with Gasteiger partial charge in [-0.2, -0.15) is 10.4 Å². The molecule has 0 aliphatic heterocycles. The number of hydrogen-bond donors (Lipinski definition) is 3. The summed E-state index contributed by atoms with van der Waals surface area (Å²) in [6.07, 6.45) is 5.77. The Balaban J connectivity index is 0.00000306. The summed E-state index contributed by atoms with van der Waals surface area (Å²) in [7, 11) is 0. The van der Waals surface area contributed by atoms with Gasteiger partial charge in [0.1, 0.15) is 23.3 Å². The Labute approximate surface area is 209 Å². The fraction of sp³-hybridized carbons (Fsp3) is 0.292. The number of aliphatic imine (C=N–C) groups is 1. The Morgan fingerprint density at radius 2 is 1.94 bits per heavy atom. The molecule has 2 aromatic carbocycles. The van der Waals surface area contributed by atoms with E-state index in [9.17, 15) is 9.65 Å². The average molecular weight is 559 g/mol. The first-order chi connectivity index (χ1) is 15.6. The fourth-order valence-electron chi connectivity index (χ4n) is 4.08. The van der Waals surface area contributed by atoms with Gasteiger partial charge in [-0.15, -0.1) is 24.0 Å². The molecule has 1 heterocycles. The number of aromatic nitrogens is 2. The quantitative estimate of drug-likeness (QED) is 0.180. The Morgan fingerprint density at radius 3 is 2.70 bits per heavy atom. The van der Waals surface area contributed by atoms with E-state index in [1.165, 1.54) is 40.8 Å². The van der Waals surface area contributed by atoms with E-state index in [1.807, 2.05) is 12.1 Å². The van der Waals surface area contributed by atoms with Gasteiger partial charge in [-0.3, -0.25) is 4.99 Å². The van der Waals surface area contributed by atoms with Crippen LogP contribution >= 0.6 is 24.0 Å². The third-order valence-corrected chi connectivity index (χ3v) is 5.69. The predicted molar refractivity (Wildman–Crippen MR) is 140 cm³/mol. The number of hydrogen-bond acceptors (Lipinski definition) is 4. The lowest BCUT2D eigenvalue weighted by molar-refractivity contribution is 0.627. The smallest absolute Gasteiger partial charge is 0.193 e. The Bertz CT molecular complexity index is 1180. The molecule has 172 valence electrons. The van der Waals surface area contributed by atoms with Crippen molar-refractivity contribution < 1.29 is 4.39 Å². The molecular weight excluding hydrogens is 532 g/mol. The summed E-state index contributed by atoms with van der Waals surface area (Å²) in [5.41, 5.74) is 17.5. The SMILES string of the molecule is I.N#Cc1c(CCCN=C(N)Nc2cccc3c2CCCC3)nn(-c2ccc(F)cc2)c1N. The van der Waals surface area contributed by atoms with E-state index < -0.39 is 0 Å². The van der Waals surface area contributed by atoms with E-state index in [2.05, 4.69) is 27.5 Å². The standard InChI is InChI=1S/C24H26FN7.HI/c25-17-10-12-18(13-11-17)32-23(27)20(15-26)22(31-32)9-4-14-29-24(28)30-21-8-3-6-16-5-1-2-7-19(16)21;/h3,6,8,10-13H,1-2,4-5,7,9,14,27H2,(H3,28,29,30);1H. The molecule has 3 aromatic rings. The number of rotatable bonds is 6. The van der Waals surface area contributed by atoms with Gasteiger partial charge in [0, 0.05) is 12.2 Å². The Kier molecular flexibility index (Phi) is 8.27. The Morgan fingerprint density at radius 1 is 1.18 bits per heavy atom. The lowest BCUT2D eigenvalue weighted by Crippen LogP contribution is -2.24. The van der Waals surface area contributed by atoms with E-state index in [-0.39, 0.29) is 35.6 Å². The summed E-state index contributed by atoms with van der Waals surface area (Å²) in [5, 5.41) is 17.2. The van der Waals surface area contributed by atoms with Gasteiger partial charge in [-0.25, -0.2) is 9.07 Å². The zero-order valence-electron chi connectivity index (χ0n) is 18.2. The summed E-state index contributed by atoms with van der Waals surface area (Å²) in [6.45, 7) is 0.488. The van der Waals surface area contributed by atoms with Crippen molar-refractivity contribution >= 4 is 41.4 Å². The highest BCUT2D eigenvalue weighted by Gasteiger charge is 2.16. The highest BCUT2D eigenvalue weighted by atomic mass is 127. The topological polar surface area (TPSA) is 118 Å². The average Bonchev–Trinajstić information content (AvgIpc) is 3.12. The van der Waals surface area contributed by atoms with Crippen molar-refractivity contribution in [1.82, 2.24) is 9.78 Å². The van der Waals surface area contributed by atoms with Crippen LogP contribution in [-0.2, 0) is 19.3 Å². The molecule has 0 saturated carbocycles. The van der Waals surface area contributed by atoms with Gasteiger partial charge in [0.25, 0.3) is 0 Å². The van der Waals surface area contributed by atoms with E-state index in [0.29, 0.717) is 42.3 Å². The molecule has 1 aliphatic rings. The number of anilines is 2. The molecule has 7 nitrogen and oxygen atoms in total. The molecule has 0 fully saturated rings. The lowest BCUT2D eigenvalue weighted by atomic mass is 9.90. The summed E-state index contributed by atoms with van der Waals surface area (Å²) in [6, 6.07) is 14.2. The largest absolute Gasteiger partial charge is 0.382 e. The van der Waals surface area contributed by atoms with Crippen molar-refractivity contribution in [2.24, 2.45) is 10.7 Å². The van der Waals surface area contributed by atoms with Crippen LogP contribution in [0, 0.1) is 17.1 Å². The molecule has 4 rings (SSSR count). The van der Waals surface area contributed by atoms with E-state index >= 15 is 0 Å². The molecule has 0 atom stereocenters. The molecule has 0 spiro atoms. The minimum atomic E-state index is -0.347. The molecule has 0 bridgehead atoms. The monoisotopic (exact) mass is 559 g/mol. The first-order valence-electron chi connectivity index (χ1n) is 10.8. The fourth-order valence-corrected chi connectivity index (χ4v) is 4.08. The highest BCUT2D eigenvalue weighted by Crippen LogP contribution is 2.27. The van der Waals surface area contributed by atoms with Gasteiger partial charge < -0.3 is 16.8 Å². The number of nitriles is 1. The predicted octanol–water partition coefficient (Wildman–Crippen LogP) is 4.32. The third-order valence-electron chi connectivity index (χ3n) is 5.69. The van der Waals surface area contributed by atoms with Gasteiger partial charge in [-0.1, -0.05) is 12.1 Å². The van der Waals surface area contributed by atoms with Crippen LogP contribution in [0.4, 0.5) is 15.9 Å². The van der Waals surface area contributed by atoms with Gasteiger partial charge >= 0.3 is 0 Å². The normalized spacial score (nSPS) is 13.0. The van der Waals surface area contributed by atoms with Crippen molar-refractivity contribution in [3.8, 4) is 11.8 Å². The molecule has 9 heteroatoms. The first kappa shape index (κ1) is 24.5. The van der Waals surface area contributed by atoms with Gasteiger partial charge in [0.05, 0.1) is 11.4 Å². The number of nitrogens with one attached hydrogen (secondary N) is 1. The molecule has 33 heavy (non-hydrogen) atoms. The van der Waals surface area contributed by atoms with Crippen molar-refractivity contribution in [2.45, 2.75) is 38.5 Å². The zero-order chi connectivity index (χ0) is 22.5. The lowest BCUT2D eigenvalue weighted by Gasteiger charge is -2.19. The second kappa shape index (κ2) is 11.1. The second-order valence-electron chi connectivity index (χ2n) is 7.85. The highest BCUT2D eigenvalue weighted by molar-refractivity contribution is 14.0. The molecule has 0 amide bonds. The number of fused-ring (bicyclic) bond motifs is 1. The van der Waals surface area contributed by atoms with Gasteiger partial charge in [0.15, 0.2) is 5.96 Å². The van der Waals surface area contributed by atoms with Crippen molar-refractivity contribution in [1.29, 1.82) is 5.26 Å². The van der Waals surface area contributed by atoms with Crippen LogP contribution in [0.3, 0.4) is 0 Å². The Hall–Kier alpha value is -3.13. The molecule has 0 saturated heterocycles. The summed E-state index contributed by atoms with van der Waals surface area (Å²) in [4.78, 5) is 4.43. The first-order valence-corrected chi connectivity index (χ1v) is 10.8. The zero-order valence-corrected chi connectivity index (χ0v) is 20.6. The third kappa shape index (κ3) is 5.63. The molecule has 0 unspecified atom stereocenters. The van der Waals surface area contributed by atoms with E-state index in [4.69, 9.17) is 11.5 Å². The van der Waals surface area contributed by atoms with Gasteiger partial charge in [0.2, 0.25) is 0 Å². The summed E-state index contributed by atoms with van der Waals surface area (Å²) < 4.78 is 14.7. The van der Waals surface area contributed by atoms with Crippen LogP contribution in [0.25, 0.3) is 5.69 Å². The summed E-state index contributed by atoms with van der Waals surface area (Å²) >= 11 is 0. The maximum atomic E-state index is 13.2. The number of nitrogen functional groups attached to an aromatic ring is 1. The van der Waals surface area contributed by atoms with Crippen LogP contribution in [0.2, 0.25) is 0 Å². The number of halogens is 2. The van der Waals surface area contributed by atoms with Crippen LogP contribution in [0.5, 0.6) is 0 Å². The molecular formula is C24H27FIN7. The number of aryl methyl sites for hydroxylation is 2. The molecule has 0 radical (unpaired) electrons. The molecule has 1 aromatic heterocycles. The van der Waals surface area contributed by atoms with Crippen molar-refractivity contribution in [3.05, 3.63) is 70.7 Å². The molecule has 1 aliphatic carbocycles.